The number of nitrogens with zero attached hydrogens (tertiary/aromatic N) is 3. The Bertz CT molecular complexity index is 535. The quantitative estimate of drug-likeness (QED) is 0.858. The molecule has 19 heavy (non-hydrogen) atoms. The summed E-state index contributed by atoms with van der Waals surface area (Å²) in [4.78, 5) is 2.48. The molecule has 1 atom stereocenters. The molecule has 0 fully saturated rings. The van der Waals surface area contributed by atoms with Crippen LogP contribution in [-0.2, 0) is 24.9 Å². The van der Waals surface area contributed by atoms with Gasteiger partial charge in [0.1, 0.15) is 0 Å². The molecule has 0 amide bonds. The van der Waals surface area contributed by atoms with Crippen LogP contribution in [-0.4, -0.2) is 34.9 Å². The van der Waals surface area contributed by atoms with Crippen LogP contribution in [0.2, 0.25) is 0 Å². The molecule has 0 aromatic carbocycles. The molecule has 1 aliphatic heterocycles. The van der Waals surface area contributed by atoms with Gasteiger partial charge in [0.2, 0.25) is 0 Å². The van der Waals surface area contributed by atoms with Gasteiger partial charge in [0.15, 0.2) is 0 Å². The van der Waals surface area contributed by atoms with E-state index in [-0.39, 0.29) is 0 Å². The van der Waals surface area contributed by atoms with E-state index >= 15 is 0 Å². The van der Waals surface area contributed by atoms with Crippen LogP contribution in [0, 0.1) is 0 Å². The standard InChI is InChI=1S/C14H19N3OS/c1-16-6-12-7-17(5-11-3-4-19-10-11)8-13(9-18-2)14(12)15-16/h3-4,6,10,13H,5,7-9H2,1-2H3. The maximum Gasteiger partial charge on any atom is 0.0736 e. The largest absolute Gasteiger partial charge is 0.384 e. The number of thiophene rings is 1. The maximum atomic E-state index is 5.36. The normalized spacial score (nSPS) is 19.6. The van der Waals surface area contributed by atoms with Crippen LogP contribution in [0.4, 0.5) is 0 Å². The van der Waals surface area contributed by atoms with Gasteiger partial charge in [0, 0.05) is 51.5 Å². The Morgan fingerprint density at radius 3 is 3.16 bits per heavy atom. The van der Waals surface area contributed by atoms with Crippen LogP contribution < -0.4 is 0 Å². The second kappa shape index (κ2) is 5.45. The van der Waals surface area contributed by atoms with Gasteiger partial charge in [0.25, 0.3) is 0 Å². The van der Waals surface area contributed by atoms with Crippen molar-refractivity contribution in [2.75, 3.05) is 20.3 Å². The molecule has 3 rings (SSSR count). The van der Waals surface area contributed by atoms with Crippen molar-refractivity contribution in [2.45, 2.75) is 19.0 Å². The average molecular weight is 277 g/mol. The molecule has 0 bridgehead atoms. The number of methoxy groups -OCH3 is 1. The van der Waals surface area contributed by atoms with E-state index in [0.717, 1.165) is 26.2 Å². The molecule has 5 heteroatoms. The molecule has 2 aromatic rings. The first-order valence-corrected chi connectivity index (χ1v) is 7.45. The van der Waals surface area contributed by atoms with Crippen molar-refractivity contribution < 1.29 is 4.74 Å². The summed E-state index contributed by atoms with van der Waals surface area (Å²) in [6.07, 6.45) is 2.14. The van der Waals surface area contributed by atoms with Crippen molar-refractivity contribution in [3.63, 3.8) is 0 Å². The highest BCUT2D eigenvalue weighted by Crippen LogP contribution is 2.28. The first-order chi connectivity index (χ1) is 9.26. The molecule has 4 nitrogen and oxygen atoms in total. The summed E-state index contributed by atoms with van der Waals surface area (Å²) in [7, 11) is 3.76. The zero-order chi connectivity index (χ0) is 13.2. The molecule has 0 spiro atoms. The third-order valence-corrected chi connectivity index (χ3v) is 4.28. The molecule has 0 saturated carbocycles. The molecule has 1 aliphatic rings. The maximum absolute atomic E-state index is 5.36. The predicted octanol–water partition coefficient (Wildman–Crippen LogP) is 2.23. The van der Waals surface area contributed by atoms with E-state index in [1.54, 1.807) is 18.4 Å². The molecule has 0 saturated heterocycles. The van der Waals surface area contributed by atoms with E-state index in [1.807, 2.05) is 11.7 Å². The van der Waals surface area contributed by atoms with Crippen LogP contribution in [0.5, 0.6) is 0 Å². The van der Waals surface area contributed by atoms with Gasteiger partial charge >= 0.3 is 0 Å². The topological polar surface area (TPSA) is 30.3 Å². The second-order valence-electron chi connectivity index (χ2n) is 5.17. The predicted molar refractivity (Wildman–Crippen MR) is 76.3 cm³/mol. The Labute approximate surface area is 117 Å². The van der Waals surface area contributed by atoms with Gasteiger partial charge in [-0.05, 0) is 22.4 Å². The third kappa shape index (κ3) is 2.73. The van der Waals surface area contributed by atoms with Gasteiger partial charge < -0.3 is 4.74 Å². The Morgan fingerprint density at radius 2 is 2.42 bits per heavy atom. The molecule has 0 N–H and O–H groups in total. The fraction of sp³-hybridized carbons (Fsp3) is 0.500. The molecular formula is C14H19N3OS. The minimum absolute atomic E-state index is 0.383. The van der Waals surface area contributed by atoms with Crippen molar-refractivity contribution in [2.24, 2.45) is 7.05 Å². The number of hydrogen-bond donors (Lipinski definition) is 0. The Balaban J connectivity index is 1.79. The SMILES string of the molecule is COCC1CN(Cc2ccsc2)Cc2cn(C)nc21. The molecule has 0 aliphatic carbocycles. The van der Waals surface area contributed by atoms with E-state index in [9.17, 15) is 0 Å². The van der Waals surface area contributed by atoms with Crippen molar-refractivity contribution in [3.8, 4) is 0 Å². The third-order valence-electron chi connectivity index (χ3n) is 3.55. The number of hydrogen-bond acceptors (Lipinski definition) is 4. The number of aromatic nitrogens is 2. The van der Waals surface area contributed by atoms with Gasteiger partial charge in [-0.2, -0.15) is 16.4 Å². The van der Waals surface area contributed by atoms with Crippen LogP contribution in [0.25, 0.3) is 0 Å². The van der Waals surface area contributed by atoms with Crippen molar-refractivity contribution >= 4 is 11.3 Å². The summed E-state index contributed by atoms with van der Waals surface area (Å²) in [5, 5.41) is 8.96. The first kappa shape index (κ1) is 12.8. The number of rotatable bonds is 4. The zero-order valence-electron chi connectivity index (χ0n) is 11.4. The lowest BCUT2D eigenvalue weighted by molar-refractivity contribution is 0.134. The van der Waals surface area contributed by atoms with Gasteiger partial charge in [-0.25, -0.2) is 0 Å². The van der Waals surface area contributed by atoms with Crippen LogP contribution in [0.3, 0.4) is 0 Å². The average Bonchev–Trinajstić information content (AvgIpc) is 2.98. The first-order valence-electron chi connectivity index (χ1n) is 6.51. The lowest BCUT2D eigenvalue weighted by atomic mass is 9.97. The Morgan fingerprint density at radius 1 is 1.53 bits per heavy atom. The van der Waals surface area contributed by atoms with E-state index < -0.39 is 0 Å². The Hall–Kier alpha value is -1.17. The summed E-state index contributed by atoms with van der Waals surface area (Å²) in [5.41, 5.74) is 3.95. The minimum atomic E-state index is 0.383. The molecule has 0 radical (unpaired) electrons. The zero-order valence-corrected chi connectivity index (χ0v) is 12.2. The van der Waals surface area contributed by atoms with E-state index in [0.29, 0.717) is 5.92 Å². The molecule has 102 valence electrons. The van der Waals surface area contributed by atoms with Crippen LogP contribution >= 0.6 is 11.3 Å². The van der Waals surface area contributed by atoms with Crippen LogP contribution in [0.15, 0.2) is 23.0 Å². The van der Waals surface area contributed by atoms with Crippen LogP contribution in [0.1, 0.15) is 22.7 Å². The lowest BCUT2D eigenvalue weighted by Crippen LogP contribution is -2.34. The summed E-state index contributed by atoms with van der Waals surface area (Å²) in [5.74, 6) is 0.383. The van der Waals surface area contributed by atoms with E-state index in [2.05, 4.69) is 33.0 Å². The highest BCUT2D eigenvalue weighted by atomic mass is 32.1. The van der Waals surface area contributed by atoms with Crippen molar-refractivity contribution in [1.29, 1.82) is 0 Å². The van der Waals surface area contributed by atoms with E-state index in [4.69, 9.17) is 4.74 Å². The fourth-order valence-electron chi connectivity index (χ4n) is 2.82. The molecular weight excluding hydrogens is 258 g/mol. The fourth-order valence-corrected chi connectivity index (χ4v) is 3.48. The lowest BCUT2D eigenvalue weighted by Gasteiger charge is -2.31. The Kier molecular flexibility index (Phi) is 3.68. The summed E-state index contributed by atoms with van der Waals surface area (Å²) in [6, 6.07) is 2.20. The number of fused-ring (bicyclic) bond motifs is 1. The summed E-state index contributed by atoms with van der Waals surface area (Å²) < 4.78 is 7.28. The van der Waals surface area contributed by atoms with Gasteiger partial charge in [-0.3, -0.25) is 9.58 Å². The summed E-state index contributed by atoms with van der Waals surface area (Å²) >= 11 is 1.76. The van der Waals surface area contributed by atoms with Gasteiger partial charge in [0.05, 0.1) is 12.3 Å². The highest BCUT2D eigenvalue weighted by Gasteiger charge is 2.28. The molecule has 2 aromatic heterocycles. The minimum Gasteiger partial charge on any atom is -0.384 e. The van der Waals surface area contributed by atoms with Gasteiger partial charge in [-0.1, -0.05) is 0 Å². The molecule has 1 unspecified atom stereocenters. The monoisotopic (exact) mass is 277 g/mol. The second-order valence-corrected chi connectivity index (χ2v) is 5.95. The summed E-state index contributed by atoms with van der Waals surface area (Å²) in [6.45, 7) is 3.76. The number of aryl methyl sites for hydroxylation is 1. The van der Waals surface area contributed by atoms with Crippen molar-refractivity contribution in [1.82, 2.24) is 14.7 Å². The smallest absolute Gasteiger partial charge is 0.0736 e. The van der Waals surface area contributed by atoms with Gasteiger partial charge in [-0.15, -0.1) is 0 Å². The number of ether oxygens (including phenoxy) is 1. The van der Waals surface area contributed by atoms with E-state index in [1.165, 1.54) is 16.8 Å². The highest BCUT2D eigenvalue weighted by molar-refractivity contribution is 7.07. The van der Waals surface area contributed by atoms with Crippen molar-refractivity contribution in [3.05, 3.63) is 39.8 Å². The molecule has 3 heterocycles.